The first kappa shape index (κ1) is 24.6. The lowest BCUT2D eigenvalue weighted by Gasteiger charge is -2.31. The van der Waals surface area contributed by atoms with Crippen molar-refractivity contribution < 1.29 is 28.7 Å². The van der Waals surface area contributed by atoms with Gasteiger partial charge in [0, 0.05) is 23.4 Å². The van der Waals surface area contributed by atoms with Gasteiger partial charge in [0.15, 0.2) is 0 Å². The topological polar surface area (TPSA) is 139 Å². The van der Waals surface area contributed by atoms with E-state index < -0.39 is 35.3 Å². The van der Waals surface area contributed by atoms with Crippen LogP contribution in [0.1, 0.15) is 49.5 Å². The molecule has 1 saturated carbocycles. The Morgan fingerprint density at radius 2 is 1.97 bits per heavy atom. The van der Waals surface area contributed by atoms with Crippen molar-refractivity contribution in [2.45, 2.75) is 50.6 Å². The normalized spacial score (nSPS) is 20.0. The second-order valence-corrected chi connectivity index (χ2v) is 9.60. The van der Waals surface area contributed by atoms with Gasteiger partial charge in [0.25, 0.3) is 5.91 Å². The average molecular weight is 485 g/mol. The number of aromatic amines is 1. The highest BCUT2D eigenvalue weighted by atomic mass is 16.5. The predicted molar refractivity (Wildman–Crippen MR) is 128 cm³/mol. The third-order valence-corrected chi connectivity index (χ3v) is 6.83. The molecule has 2 aliphatic rings. The average Bonchev–Trinajstić information content (AvgIpc) is 3.40. The molecule has 3 amide bonds. The van der Waals surface area contributed by atoms with Crippen LogP contribution in [0.25, 0.3) is 10.9 Å². The van der Waals surface area contributed by atoms with Crippen molar-refractivity contribution in [2.24, 2.45) is 11.8 Å². The largest absolute Gasteiger partial charge is 0.496 e. The summed E-state index contributed by atoms with van der Waals surface area (Å²) in [4.78, 5) is 54.3. The summed E-state index contributed by atoms with van der Waals surface area (Å²) in [6.07, 6.45) is 3.12. The summed E-state index contributed by atoms with van der Waals surface area (Å²) in [5.41, 5.74) is -0.360. The number of carbonyl (C=O) groups is 4. The van der Waals surface area contributed by atoms with E-state index in [9.17, 15) is 19.2 Å². The van der Waals surface area contributed by atoms with E-state index in [0.29, 0.717) is 36.7 Å². The first-order valence-corrected chi connectivity index (χ1v) is 11.9. The molecular formula is C25H32N4O6. The van der Waals surface area contributed by atoms with Gasteiger partial charge in [-0.15, -0.1) is 0 Å². The fraction of sp³-hybridized carbons (Fsp3) is 0.520. The van der Waals surface area contributed by atoms with Gasteiger partial charge in [0.1, 0.15) is 23.0 Å². The van der Waals surface area contributed by atoms with Crippen molar-refractivity contribution in [2.75, 3.05) is 20.8 Å². The molecule has 4 rings (SSSR count). The minimum atomic E-state index is -1.40. The maximum atomic E-state index is 13.4. The Bertz CT molecular complexity index is 1140. The number of rotatable bonds is 10. The molecule has 4 N–H and O–H groups in total. The smallest absolute Gasteiger partial charge is 0.331 e. The third-order valence-electron chi connectivity index (χ3n) is 6.83. The molecule has 3 atom stereocenters. The maximum absolute atomic E-state index is 13.4. The van der Waals surface area contributed by atoms with Crippen molar-refractivity contribution in [3.8, 4) is 5.75 Å². The maximum Gasteiger partial charge on any atom is 0.331 e. The number of amides is 3. The molecule has 3 unspecified atom stereocenters. The van der Waals surface area contributed by atoms with Crippen LogP contribution in [0.5, 0.6) is 5.75 Å². The molecule has 2 fully saturated rings. The Kier molecular flexibility index (Phi) is 7.00. The molecule has 10 nitrogen and oxygen atoms in total. The number of carbonyl (C=O) groups excluding carboxylic acids is 4. The number of aromatic nitrogens is 1. The van der Waals surface area contributed by atoms with Crippen LogP contribution in [-0.2, 0) is 19.1 Å². The van der Waals surface area contributed by atoms with E-state index in [4.69, 9.17) is 9.47 Å². The minimum absolute atomic E-state index is 0.114. The highest BCUT2D eigenvalue weighted by Crippen LogP contribution is 2.34. The number of methoxy groups -OCH3 is 2. The number of hydrogen-bond donors (Lipinski definition) is 4. The van der Waals surface area contributed by atoms with Gasteiger partial charge in [0.2, 0.25) is 11.8 Å². The molecule has 188 valence electrons. The summed E-state index contributed by atoms with van der Waals surface area (Å²) in [5.74, 6) is -1.13. The minimum Gasteiger partial charge on any atom is -0.496 e. The van der Waals surface area contributed by atoms with E-state index in [1.165, 1.54) is 7.11 Å². The summed E-state index contributed by atoms with van der Waals surface area (Å²) in [6, 6.07) is 6.31. The fourth-order valence-corrected chi connectivity index (χ4v) is 4.68. The van der Waals surface area contributed by atoms with Crippen LogP contribution in [-0.4, -0.2) is 61.0 Å². The van der Waals surface area contributed by atoms with Gasteiger partial charge in [0.05, 0.1) is 14.2 Å². The molecular weight excluding hydrogens is 452 g/mol. The van der Waals surface area contributed by atoms with Crippen molar-refractivity contribution in [3.05, 3.63) is 30.0 Å². The first-order valence-electron chi connectivity index (χ1n) is 11.9. The van der Waals surface area contributed by atoms with Crippen LogP contribution in [0.4, 0.5) is 0 Å². The second-order valence-electron chi connectivity index (χ2n) is 9.60. The standard InChI is InChI=1S/C25H32N4O6/c1-25(24(33)35-3,13-15-9-10-26-21(15)30)29-23(32)18(11-14-7-8-14)28-22(31)19-12-16-17(27-19)5-4-6-20(16)34-2/h4-6,12,14-15,18,27H,7-11,13H2,1-3H3,(H,26,30)(H,28,31)(H,29,32). The van der Waals surface area contributed by atoms with Crippen LogP contribution in [0.15, 0.2) is 24.3 Å². The lowest BCUT2D eigenvalue weighted by Crippen LogP contribution is -2.59. The molecule has 0 spiro atoms. The van der Waals surface area contributed by atoms with E-state index in [1.54, 1.807) is 26.2 Å². The molecule has 0 radical (unpaired) electrons. The number of nitrogens with one attached hydrogen (secondary N) is 4. The van der Waals surface area contributed by atoms with Crippen LogP contribution in [0, 0.1) is 11.8 Å². The number of esters is 1. The van der Waals surface area contributed by atoms with Gasteiger partial charge in [-0.3, -0.25) is 14.4 Å². The molecule has 1 aliphatic heterocycles. The zero-order valence-corrected chi connectivity index (χ0v) is 20.2. The Balaban J connectivity index is 1.52. The van der Waals surface area contributed by atoms with Crippen molar-refractivity contribution in [1.29, 1.82) is 0 Å². The fourth-order valence-electron chi connectivity index (χ4n) is 4.68. The van der Waals surface area contributed by atoms with Gasteiger partial charge in [-0.05, 0) is 50.3 Å². The molecule has 35 heavy (non-hydrogen) atoms. The van der Waals surface area contributed by atoms with Gasteiger partial charge < -0.3 is 30.4 Å². The van der Waals surface area contributed by atoms with Crippen molar-refractivity contribution >= 4 is 34.6 Å². The van der Waals surface area contributed by atoms with Gasteiger partial charge in [-0.2, -0.15) is 0 Å². The van der Waals surface area contributed by atoms with E-state index in [1.807, 2.05) is 12.1 Å². The number of hydrogen-bond acceptors (Lipinski definition) is 6. The van der Waals surface area contributed by atoms with Gasteiger partial charge in [-0.1, -0.05) is 18.9 Å². The molecule has 2 heterocycles. The molecule has 0 bridgehead atoms. The highest BCUT2D eigenvalue weighted by molar-refractivity contribution is 6.02. The quantitative estimate of drug-likeness (QED) is 0.378. The zero-order valence-electron chi connectivity index (χ0n) is 20.2. The van der Waals surface area contributed by atoms with E-state index in [0.717, 1.165) is 23.7 Å². The number of fused-ring (bicyclic) bond motifs is 1. The van der Waals surface area contributed by atoms with Crippen LogP contribution in [0.2, 0.25) is 0 Å². The van der Waals surface area contributed by atoms with Crippen LogP contribution < -0.4 is 20.7 Å². The first-order chi connectivity index (χ1) is 16.7. The Morgan fingerprint density at radius 3 is 2.60 bits per heavy atom. The van der Waals surface area contributed by atoms with Crippen LogP contribution >= 0.6 is 0 Å². The van der Waals surface area contributed by atoms with E-state index in [2.05, 4.69) is 20.9 Å². The van der Waals surface area contributed by atoms with Crippen molar-refractivity contribution in [3.63, 3.8) is 0 Å². The number of benzene rings is 1. The molecule has 1 saturated heterocycles. The van der Waals surface area contributed by atoms with Gasteiger partial charge in [-0.25, -0.2) is 4.79 Å². The SMILES string of the molecule is COC(=O)C(C)(CC1CCNC1=O)NC(=O)C(CC1CC1)NC(=O)c1cc2c(OC)cccc2[nH]1. The monoisotopic (exact) mass is 484 g/mol. The lowest BCUT2D eigenvalue weighted by molar-refractivity contribution is -0.151. The highest BCUT2D eigenvalue weighted by Gasteiger charge is 2.43. The third kappa shape index (κ3) is 5.41. The Hall–Kier alpha value is -3.56. The number of H-pyrrole nitrogens is 1. The summed E-state index contributed by atoms with van der Waals surface area (Å²) in [5, 5.41) is 9.13. The predicted octanol–water partition coefficient (Wildman–Crippen LogP) is 1.65. The van der Waals surface area contributed by atoms with Gasteiger partial charge >= 0.3 is 5.97 Å². The van der Waals surface area contributed by atoms with Crippen LogP contribution in [0.3, 0.4) is 0 Å². The lowest BCUT2D eigenvalue weighted by atomic mass is 9.87. The van der Waals surface area contributed by atoms with E-state index >= 15 is 0 Å². The molecule has 1 aliphatic carbocycles. The molecule has 1 aromatic heterocycles. The zero-order chi connectivity index (χ0) is 25.2. The second kappa shape index (κ2) is 9.97. The van der Waals surface area contributed by atoms with Crippen molar-refractivity contribution in [1.82, 2.24) is 20.9 Å². The number of ether oxygens (including phenoxy) is 2. The van der Waals surface area contributed by atoms with E-state index in [-0.39, 0.29) is 12.3 Å². The summed E-state index contributed by atoms with van der Waals surface area (Å²) in [6.45, 7) is 2.09. The Labute approximate surface area is 203 Å². The summed E-state index contributed by atoms with van der Waals surface area (Å²) < 4.78 is 10.3. The Morgan fingerprint density at radius 1 is 1.20 bits per heavy atom. The molecule has 1 aromatic carbocycles. The molecule has 2 aromatic rings. The molecule has 10 heteroatoms. The summed E-state index contributed by atoms with van der Waals surface area (Å²) >= 11 is 0. The summed E-state index contributed by atoms with van der Waals surface area (Å²) in [7, 11) is 2.81.